The summed E-state index contributed by atoms with van der Waals surface area (Å²) in [6.07, 6.45) is 1.07. The first kappa shape index (κ1) is 27.6. The van der Waals surface area contributed by atoms with Crippen LogP contribution in [0.2, 0.25) is 0 Å². The van der Waals surface area contributed by atoms with Crippen molar-refractivity contribution in [2.75, 3.05) is 0 Å². The molecule has 0 amide bonds. The maximum absolute atomic E-state index is 2.48. The number of hydrogen-bond donors (Lipinski definition) is 0. The van der Waals surface area contributed by atoms with E-state index in [-0.39, 0.29) is 0 Å². The summed E-state index contributed by atoms with van der Waals surface area (Å²) in [6, 6.07) is 58.2. The molecule has 7 aromatic carbocycles. The number of para-hydroxylation sites is 2. The Bertz CT molecular complexity index is 2460. The molecular weight excluding hydrogens is 567 g/mol. The second-order valence-electron chi connectivity index (χ2n) is 12.8. The molecule has 224 valence electrons. The highest BCUT2D eigenvalue weighted by atomic mass is 15.0. The third-order valence-corrected chi connectivity index (χ3v) is 10.2. The van der Waals surface area contributed by atoms with Crippen molar-refractivity contribution in [2.45, 2.75) is 26.2 Å². The molecule has 0 saturated carbocycles. The van der Waals surface area contributed by atoms with E-state index in [1.54, 1.807) is 0 Å². The molecule has 9 rings (SSSR count). The van der Waals surface area contributed by atoms with Gasteiger partial charge in [0.05, 0.1) is 11.0 Å². The zero-order chi connectivity index (χ0) is 31.5. The Balaban J connectivity index is 1.34. The Kier molecular flexibility index (Phi) is 6.47. The molecule has 1 heteroatoms. The fourth-order valence-corrected chi connectivity index (χ4v) is 8.23. The summed E-state index contributed by atoms with van der Waals surface area (Å²) in [5.74, 6) is 0.382. The number of hydrogen-bond acceptors (Lipinski definition) is 0. The number of aryl methyl sites for hydroxylation is 1. The van der Waals surface area contributed by atoms with Crippen molar-refractivity contribution in [1.29, 1.82) is 0 Å². The smallest absolute Gasteiger partial charge is 0.0619 e. The minimum absolute atomic E-state index is 0.382. The summed E-state index contributed by atoms with van der Waals surface area (Å²) in [6.45, 7) is 4.61. The van der Waals surface area contributed by atoms with Crippen molar-refractivity contribution in [2.24, 2.45) is 0 Å². The van der Waals surface area contributed by atoms with Crippen LogP contribution >= 0.6 is 0 Å². The second kappa shape index (κ2) is 11.0. The lowest BCUT2D eigenvalue weighted by Gasteiger charge is -2.21. The minimum atomic E-state index is 0.382. The topological polar surface area (TPSA) is 4.93 Å². The summed E-state index contributed by atoms with van der Waals surface area (Å²) in [4.78, 5) is 0. The van der Waals surface area contributed by atoms with Gasteiger partial charge in [-0.2, -0.15) is 0 Å². The molecule has 1 unspecified atom stereocenters. The van der Waals surface area contributed by atoms with Gasteiger partial charge in [0.2, 0.25) is 0 Å². The minimum Gasteiger partial charge on any atom is -0.309 e. The van der Waals surface area contributed by atoms with E-state index in [1.807, 2.05) is 0 Å². The van der Waals surface area contributed by atoms with Gasteiger partial charge in [0.25, 0.3) is 0 Å². The van der Waals surface area contributed by atoms with Crippen molar-refractivity contribution >= 4 is 21.8 Å². The summed E-state index contributed by atoms with van der Waals surface area (Å²) in [5, 5.41) is 2.54. The quantitative estimate of drug-likeness (QED) is 0.185. The van der Waals surface area contributed by atoms with E-state index in [0.717, 1.165) is 6.42 Å². The van der Waals surface area contributed by atoms with E-state index in [4.69, 9.17) is 0 Å². The average Bonchev–Trinajstić information content (AvgIpc) is 3.65. The predicted octanol–water partition coefficient (Wildman–Crippen LogP) is 12.6. The summed E-state index contributed by atoms with van der Waals surface area (Å²) < 4.78 is 2.48. The monoisotopic (exact) mass is 601 g/mol. The molecule has 0 N–H and O–H groups in total. The first-order valence-electron chi connectivity index (χ1n) is 16.7. The molecule has 0 radical (unpaired) electrons. The number of rotatable bonds is 5. The van der Waals surface area contributed by atoms with Crippen molar-refractivity contribution in [1.82, 2.24) is 4.57 Å². The molecule has 0 aliphatic heterocycles. The number of benzene rings is 7. The Labute approximate surface area is 276 Å². The highest BCUT2D eigenvalue weighted by molar-refractivity contribution is 6.15. The molecule has 1 aliphatic rings. The van der Waals surface area contributed by atoms with E-state index in [0.29, 0.717) is 5.92 Å². The van der Waals surface area contributed by atoms with Crippen molar-refractivity contribution in [3.05, 3.63) is 174 Å². The number of fused-ring (bicyclic) bond motifs is 6. The van der Waals surface area contributed by atoms with Crippen LogP contribution in [0.3, 0.4) is 0 Å². The van der Waals surface area contributed by atoms with Crippen molar-refractivity contribution in [3.63, 3.8) is 0 Å². The van der Waals surface area contributed by atoms with Gasteiger partial charge in [0.1, 0.15) is 0 Å². The van der Waals surface area contributed by atoms with E-state index in [1.165, 1.54) is 88.7 Å². The molecule has 0 bridgehead atoms. The molecule has 1 nitrogen and oxygen atoms in total. The van der Waals surface area contributed by atoms with E-state index in [9.17, 15) is 0 Å². The fraction of sp³-hybridized carbons (Fsp3) is 0.0870. The Morgan fingerprint density at radius 2 is 1.15 bits per heavy atom. The Morgan fingerprint density at radius 1 is 0.511 bits per heavy atom. The maximum Gasteiger partial charge on any atom is 0.0619 e. The normalized spacial score (nSPS) is 13.6. The first-order valence-corrected chi connectivity index (χ1v) is 16.7. The van der Waals surface area contributed by atoms with Crippen LogP contribution in [0.1, 0.15) is 36.0 Å². The lowest BCUT2D eigenvalue weighted by Crippen LogP contribution is -2.00. The molecular formula is C46H35N. The number of nitrogens with zero attached hydrogens (tertiary/aromatic N) is 1. The van der Waals surface area contributed by atoms with Crippen molar-refractivity contribution in [3.8, 4) is 50.2 Å². The summed E-state index contributed by atoms with van der Waals surface area (Å²) >= 11 is 0. The lowest BCUT2D eigenvalue weighted by atomic mass is 9.83. The lowest BCUT2D eigenvalue weighted by molar-refractivity contribution is 0.799. The van der Waals surface area contributed by atoms with Crippen LogP contribution in [0.25, 0.3) is 72.0 Å². The van der Waals surface area contributed by atoms with Crippen LogP contribution in [-0.4, -0.2) is 4.57 Å². The maximum atomic E-state index is 2.48. The van der Waals surface area contributed by atoms with Crippen LogP contribution in [0.15, 0.2) is 158 Å². The molecule has 1 aromatic heterocycles. The molecule has 8 aromatic rings. The van der Waals surface area contributed by atoms with Gasteiger partial charge in [0.15, 0.2) is 0 Å². The van der Waals surface area contributed by atoms with Gasteiger partial charge in [-0.3, -0.25) is 0 Å². The van der Waals surface area contributed by atoms with E-state index < -0.39 is 0 Å². The first-order chi connectivity index (χ1) is 23.2. The largest absolute Gasteiger partial charge is 0.309 e. The average molecular weight is 602 g/mol. The van der Waals surface area contributed by atoms with Crippen LogP contribution in [0, 0.1) is 6.92 Å². The van der Waals surface area contributed by atoms with E-state index in [2.05, 4.69) is 176 Å². The Hall–Kier alpha value is -5.66. The van der Waals surface area contributed by atoms with Crippen LogP contribution in [0.5, 0.6) is 0 Å². The van der Waals surface area contributed by atoms with E-state index >= 15 is 0 Å². The van der Waals surface area contributed by atoms with Crippen LogP contribution in [-0.2, 0) is 0 Å². The van der Waals surface area contributed by atoms with Gasteiger partial charge in [-0.25, -0.2) is 0 Å². The standard InChI is InChI=1S/C46H35N/c1-3-34-35-20-7-8-21-36(35)38-24-13-27-42(45(34)38)44-30(2)15-11-23-39(44)41-26-14-25-40-37-22-9-10-28-43(37)47(46(40)41)33-19-12-18-32(29-33)31-16-5-4-6-17-31/h4-29,34H,3H2,1-2H3. The predicted molar refractivity (Wildman–Crippen MR) is 199 cm³/mol. The van der Waals surface area contributed by atoms with Gasteiger partial charge < -0.3 is 4.57 Å². The van der Waals surface area contributed by atoms with Gasteiger partial charge in [0, 0.05) is 27.9 Å². The molecule has 1 heterocycles. The van der Waals surface area contributed by atoms with Gasteiger partial charge in [-0.05, 0) is 87.2 Å². The summed E-state index contributed by atoms with van der Waals surface area (Å²) in [7, 11) is 0. The highest BCUT2D eigenvalue weighted by Gasteiger charge is 2.31. The second-order valence-corrected chi connectivity index (χ2v) is 12.8. The van der Waals surface area contributed by atoms with Gasteiger partial charge in [-0.1, -0.05) is 146 Å². The van der Waals surface area contributed by atoms with Gasteiger partial charge >= 0.3 is 0 Å². The highest BCUT2D eigenvalue weighted by Crippen LogP contribution is 2.52. The zero-order valence-electron chi connectivity index (χ0n) is 26.7. The fourth-order valence-electron chi connectivity index (χ4n) is 8.23. The van der Waals surface area contributed by atoms with Crippen LogP contribution < -0.4 is 0 Å². The molecule has 0 spiro atoms. The Morgan fingerprint density at radius 3 is 2.04 bits per heavy atom. The molecule has 0 saturated heterocycles. The number of aromatic nitrogens is 1. The van der Waals surface area contributed by atoms with Crippen LogP contribution in [0.4, 0.5) is 0 Å². The zero-order valence-corrected chi connectivity index (χ0v) is 26.7. The third-order valence-electron chi connectivity index (χ3n) is 10.2. The molecule has 47 heavy (non-hydrogen) atoms. The molecule has 1 aliphatic carbocycles. The van der Waals surface area contributed by atoms with Gasteiger partial charge in [-0.15, -0.1) is 0 Å². The SMILES string of the molecule is CCC1c2ccccc2-c2cccc(-c3c(C)cccc3-c3cccc4c5ccccc5n(-c5cccc(-c6ccccc6)c5)c34)c21. The third kappa shape index (κ3) is 4.23. The summed E-state index contributed by atoms with van der Waals surface area (Å²) in [5.41, 5.74) is 18.3. The van der Waals surface area contributed by atoms with Crippen molar-refractivity contribution < 1.29 is 0 Å². The molecule has 0 fully saturated rings. The molecule has 1 atom stereocenters.